The minimum atomic E-state index is -5.89. The third-order valence-corrected chi connectivity index (χ3v) is 2.73. The van der Waals surface area contributed by atoms with E-state index >= 15 is 0 Å². The lowest BCUT2D eigenvalue weighted by atomic mass is 9.99. The third-order valence-electron chi connectivity index (χ3n) is 2.73. The molecule has 2 atom stereocenters. The van der Waals surface area contributed by atoms with Crippen molar-refractivity contribution in [3.63, 3.8) is 0 Å². The van der Waals surface area contributed by atoms with Crippen LogP contribution in [-0.2, 0) is 4.79 Å². The molecule has 118 valence electrons. The second-order valence-corrected chi connectivity index (χ2v) is 4.33. The van der Waals surface area contributed by atoms with Crippen LogP contribution in [0.5, 0.6) is 0 Å². The smallest absolute Gasteiger partial charge is 0.455 e. The number of carboxylic acid groups (broad SMARTS) is 1. The maximum absolute atomic E-state index is 13.5. The van der Waals surface area contributed by atoms with Crippen molar-refractivity contribution in [2.75, 3.05) is 0 Å². The van der Waals surface area contributed by atoms with Gasteiger partial charge in [0.15, 0.2) is 0 Å². The summed E-state index contributed by atoms with van der Waals surface area (Å²) in [4.78, 5) is 10.6. The van der Waals surface area contributed by atoms with Crippen LogP contribution >= 0.6 is 0 Å². The number of carbonyl (C=O) groups is 1. The van der Waals surface area contributed by atoms with Crippen LogP contribution in [0.1, 0.15) is 18.5 Å². The second-order valence-electron chi connectivity index (χ2n) is 4.33. The van der Waals surface area contributed by atoms with Gasteiger partial charge in [0.05, 0.1) is 0 Å². The highest BCUT2D eigenvalue weighted by Gasteiger charge is 2.63. The molecule has 3 nitrogen and oxygen atoms in total. The van der Waals surface area contributed by atoms with Crippen molar-refractivity contribution in [2.24, 2.45) is 0 Å². The molecule has 0 aliphatic rings. The zero-order valence-electron chi connectivity index (χ0n) is 10.6. The molecule has 0 unspecified atom stereocenters. The fourth-order valence-corrected chi connectivity index (χ4v) is 1.55. The van der Waals surface area contributed by atoms with Crippen LogP contribution < -0.4 is 5.32 Å². The standard InChI is InChI=1S/C12H11F6NO2/c1-6(10(20)21)19-9(11(14,15)12(16,17)18)7-2-4-8(13)5-3-7/h2-6,9,19H,1H3,(H,20,21)/t6-,9+/m1/s1. The SMILES string of the molecule is C[C@@H](N[C@@H](c1ccc(F)cc1)C(F)(F)C(F)(F)F)C(=O)O. The number of hydrogen-bond acceptors (Lipinski definition) is 2. The highest BCUT2D eigenvalue weighted by molar-refractivity contribution is 5.72. The zero-order chi connectivity index (χ0) is 16.4. The average molecular weight is 315 g/mol. The monoisotopic (exact) mass is 315 g/mol. The largest absolute Gasteiger partial charge is 0.480 e. The highest BCUT2D eigenvalue weighted by Crippen LogP contribution is 2.44. The fourth-order valence-electron chi connectivity index (χ4n) is 1.55. The molecule has 1 aromatic carbocycles. The lowest BCUT2D eigenvalue weighted by Crippen LogP contribution is -2.51. The molecular weight excluding hydrogens is 304 g/mol. The maximum Gasteiger partial charge on any atom is 0.455 e. The number of hydrogen-bond donors (Lipinski definition) is 2. The Morgan fingerprint density at radius 3 is 2.00 bits per heavy atom. The van der Waals surface area contributed by atoms with Gasteiger partial charge < -0.3 is 5.11 Å². The maximum atomic E-state index is 13.5. The van der Waals surface area contributed by atoms with Gasteiger partial charge >= 0.3 is 18.1 Å². The van der Waals surface area contributed by atoms with Gasteiger partial charge in [0, 0.05) is 0 Å². The van der Waals surface area contributed by atoms with Crippen molar-refractivity contribution < 1.29 is 36.2 Å². The summed E-state index contributed by atoms with van der Waals surface area (Å²) < 4.78 is 77.3. The molecule has 0 radical (unpaired) electrons. The Kier molecular flexibility index (Phi) is 4.87. The first-order chi connectivity index (χ1) is 9.46. The molecule has 0 bridgehead atoms. The van der Waals surface area contributed by atoms with Gasteiger partial charge in [-0.2, -0.15) is 22.0 Å². The summed E-state index contributed by atoms with van der Waals surface area (Å²) in [5, 5.41) is 10.3. The molecule has 0 amide bonds. The van der Waals surface area contributed by atoms with Crippen molar-refractivity contribution in [3.8, 4) is 0 Å². The van der Waals surface area contributed by atoms with Gasteiger partial charge in [-0.3, -0.25) is 10.1 Å². The van der Waals surface area contributed by atoms with E-state index in [-0.39, 0.29) is 0 Å². The van der Waals surface area contributed by atoms with Crippen LogP contribution in [-0.4, -0.2) is 29.2 Å². The highest BCUT2D eigenvalue weighted by atomic mass is 19.4. The minimum absolute atomic E-state index is 0.577. The molecule has 0 aliphatic heterocycles. The zero-order valence-corrected chi connectivity index (χ0v) is 10.6. The molecule has 0 fully saturated rings. The van der Waals surface area contributed by atoms with E-state index in [1.54, 1.807) is 5.32 Å². The molecule has 0 heterocycles. The van der Waals surface area contributed by atoms with Gasteiger partial charge in [-0.15, -0.1) is 0 Å². The van der Waals surface area contributed by atoms with Crippen LogP contribution in [0.3, 0.4) is 0 Å². The summed E-state index contributed by atoms with van der Waals surface area (Å²) in [6, 6.07) is -1.41. The van der Waals surface area contributed by atoms with E-state index in [0.29, 0.717) is 12.1 Å². The van der Waals surface area contributed by atoms with Gasteiger partial charge in [0.2, 0.25) is 0 Å². The lowest BCUT2D eigenvalue weighted by molar-refractivity contribution is -0.294. The summed E-state index contributed by atoms with van der Waals surface area (Å²) in [5.41, 5.74) is -0.577. The Hall–Kier alpha value is -1.77. The van der Waals surface area contributed by atoms with Crippen molar-refractivity contribution >= 4 is 5.97 Å². The van der Waals surface area contributed by atoms with E-state index < -0.39 is 41.5 Å². The first-order valence-corrected chi connectivity index (χ1v) is 5.65. The summed E-state index contributed by atoms with van der Waals surface area (Å²) in [6.45, 7) is 0.922. The second kappa shape index (κ2) is 5.92. The van der Waals surface area contributed by atoms with Crippen molar-refractivity contribution in [2.45, 2.75) is 31.1 Å². The molecule has 0 aromatic heterocycles. The molecule has 1 rings (SSSR count). The van der Waals surface area contributed by atoms with Gasteiger partial charge in [-0.25, -0.2) is 4.39 Å². The van der Waals surface area contributed by atoms with E-state index in [1.807, 2.05) is 0 Å². The summed E-state index contributed by atoms with van der Waals surface area (Å²) in [5.74, 6) is -7.65. The van der Waals surface area contributed by atoms with E-state index in [0.717, 1.165) is 19.1 Å². The molecule has 2 N–H and O–H groups in total. The topological polar surface area (TPSA) is 49.3 Å². The van der Waals surface area contributed by atoms with Crippen LogP contribution in [0.4, 0.5) is 26.3 Å². The summed E-state index contributed by atoms with van der Waals surface area (Å²) in [6.07, 6.45) is -5.89. The molecule has 21 heavy (non-hydrogen) atoms. The number of benzene rings is 1. The number of halogens is 6. The van der Waals surface area contributed by atoms with Gasteiger partial charge in [0.1, 0.15) is 17.9 Å². The molecular formula is C12H11F6NO2. The predicted molar refractivity (Wildman–Crippen MR) is 60.4 cm³/mol. The summed E-state index contributed by atoms with van der Waals surface area (Å²) in [7, 11) is 0. The quantitative estimate of drug-likeness (QED) is 0.821. The number of alkyl halides is 5. The molecule has 0 aliphatic carbocycles. The van der Waals surface area contributed by atoms with Crippen molar-refractivity contribution in [1.29, 1.82) is 0 Å². The van der Waals surface area contributed by atoms with E-state index in [1.165, 1.54) is 0 Å². The van der Waals surface area contributed by atoms with E-state index in [4.69, 9.17) is 5.11 Å². The molecule has 9 heteroatoms. The third kappa shape index (κ3) is 3.87. The predicted octanol–water partition coefficient (Wildman–Crippen LogP) is 3.13. The number of carboxylic acids is 1. The number of aliphatic carboxylic acids is 1. The van der Waals surface area contributed by atoms with Crippen LogP contribution in [0, 0.1) is 5.82 Å². The molecule has 0 saturated carbocycles. The van der Waals surface area contributed by atoms with E-state index in [9.17, 15) is 31.1 Å². The fraction of sp³-hybridized carbons (Fsp3) is 0.417. The van der Waals surface area contributed by atoms with Crippen molar-refractivity contribution in [1.82, 2.24) is 5.32 Å². The first-order valence-electron chi connectivity index (χ1n) is 5.65. The number of nitrogens with one attached hydrogen (secondary N) is 1. The Bertz CT molecular complexity index is 499. The molecule has 1 aromatic rings. The Balaban J connectivity index is 3.23. The normalized spacial score (nSPS) is 15.6. The van der Waals surface area contributed by atoms with Gasteiger partial charge in [-0.1, -0.05) is 12.1 Å². The summed E-state index contributed by atoms with van der Waals surface area (Å²) >= 11 is 0. The molecule has 0 saturated heterocycles. The van der Waals surface area contributed by atoms with Crippen LogP contribution in [0.15, 0.2) is 24.3 Å². The Labute approximate surface area is 115 Å². The van der Waals surface area contributed by atoms with E-state index in [2.05, 4.69) is 0 Å². The molecule has 0 spiro atoms. The van der Waals surface area contributed by atoms with Gasteiger partial charge in [0.25, 0.3) is 0 Å². The Morgan fingerprint density at radius 2 is 1.62 bits per heavy atom. The average Bonchev–Trinajstić information content (AvgIpc) is 2.35. The lowest BCUT2D eigenvalue weighted by Gasteiger charge is -2.31. The van der Waals surface area contributed by atoms with Crippen molar-refractivity contribution in [3.05, 3.63) is 35.6 Å². The van der Waals surface area contributed by atoms with Crippen LogP contribution in [0.2, 0.25) is 0 Å². The van der Waals surface area contributed by atoms with Crippen LogP contribution in [0.25, 0.3) is 0 Å². The first kappa shape index (κ1) is 17.3. The van der Waals surface area contributed by atoms with Gasteiger partial charge in [-0.05, 0) is 24.6 Å². The minimum Gasteiger partial charge on any atom is -0.480 e. The number of rotatable bonds is 5. The Morgan fingerprint density at radius 1 is 1.14 bits per heavy atom.